The molecular formula is C36H42ClN5O4. The Kier molecular flexibility index (Phi) is 9.49. The molecule has 0 radical (unpaired) electrons. The number of methoxy groups -OCH3 is 2. The van der Waals surface area contributed by atoms with Crippen molar-refractivity contribution in [1.82, 2.24) is 19.3 Å². The zero-order chi connectivity index (χ0) is 32.4. The highest BCUT2D eigenvalue weighted by Crippen LogP contribution is 2.43. The van der Waals surface area contributed by atoms with E-state index in [-0.39, 0.29) is 24.8 Å². The third kappa shape index (κ3) is 6.18. The molecule has 6 rings (SSSR count). The number of anilines is 1. The lowest BCUT2D eigenvalue weighted by molar-refractivity contribution is -0.178. The van der Waals surface area contributed by atoms with E-state index in [1.807, 2.05) is 71.6 Å². The van der Waals surface area contributed by atoms with Gasteiger partial charge in [-0.15, -0.1) is 0 Å². The van der Waals surface area contributed by atoms with E-state index in [2.05, 4.69) is 28.5 Å². The first-order valence-corrected chi connectivity index (χ1v) is 16.1. The summed E-state index contributed by atoms with van der Waals surface area (Å²) in [5.74, 6) is -1.58. The molecular weight excluding hydrogens is 602 g/mol. The van der Waals surface area contributed by atoms with E-state index in [0.29, 0.717) is 35.9 Å². The maximum Gasteiger partial charge on any atom is 0.270 e. The lowest BCUT2D eigenvalue weighted by Gasteiger charge is -2.38. The zero-order valence-corrected chi connectivity index (χ0v) is 27.8. The summed E-state index contributed by atoms with van der Waals surface area (Å²) in [6.07, 6.45) is 1.95. The monoisotopic (exact) mass is 643 g/mol. The summed E-state index contributed by atoms with van der Waals surface area (Å²) in [6, 6.07) is 21.5. The van der Waals surface area contributed by atoms with Crippen molar-refractivity contribution in [3.8, 4) is 0 Å². The van der Waals surface area contributed by atoms with Crippen molar-refractivity contribution in [2.24, 2.45) is 0 Å². The molecule has 3 aromatic rings. The van der Waals surface area contributed by atoms with Crippen LogP contribution in [0.3, 0.4) is 0 Å². The van der Waals surface area contributed by atoms with Crippen LogP contribution in [-0.2, 0) is 27.4 Å². The van der Waals surface area contributed by atoms with E-state index in [1.54, 1.807) is 25.2 Å². The van der Waals surface area contributed by atoms with Crippen molar-refractivity contribution in [3.63, 3.8) is 0 Å². The standard InChI is InChI=1S/C36H42ClN5O4/c1-38(2)16-17-39-18-20-40(21-19-39)35(44)33-15-14-28-25-42(32-13-9-8-12-27(32)24-41(28)33)34(43)30-22-31(37)29(23-36(30,45-3)46-4)26-10-6-5-7-11-26/h5-15,22H,16-21,23-25H2,1-4H3. The van der Waals surface area contributed by atoms with Crippen LogP contribution in [0.5, 0.6) is 0 Å². The summed E-state index contributed by atoms with van der Waals surface area (Å²) in [5, 5.41) is 0.473. The highest BCUT2D eigenvalue weighted by atomic mass is 35.5. The Morgan fingerprint density at radius 2 is 1.57 bits per heavy atom. The minimum absolute atomic E-state index is 0.0221. The van der Waals surface area contributed by atoms with Crippen LogP contribution in [0.2, 0.25) is 0 Å². The molecule has 9 nitrogen and oxygen atoms in total. The molecule has 1 aromatic heterocycles. The van der Waals surface area contributed by atoms with Gasteiger partial charge < -0.3 is 28.7 Å². The molecule has 2 aromatic carbocycles. The summed E-state index contributed by atoms with van der Waals surface area (Å²) in [4.78, 5) is 36.8. The lowest BCUT2D eigenvalue weighted by atomic mass is 9.87. The summed E-state index contributed by atoms with van der Waals surface area (Å²) in [5.41, 5.74) is 5.34. The van der Waals surface area contributed by atoms with Crippen molar-refractivity contribution < 1.29 is 19.1 Å². The Hall–Kier alpha value is -3.73. The number of ether oxygens (including phenoxy) is 2. The van der Waals surface area contributed by atoms with Gasteiger partial charge in [-0.3, -0.25) is 14.5 Å². The van der Waals surface area contributed by atoms with Crippen LogP contribution >= 0.6 is 11.6 Å². The molecule has 2 amide bonds. The molecule has 46 heavy (non-hydrogen) atoms. The Balaban J connectivity index is 1.31. The van der Waals surface area contributed by atoms with E-state index >= 15 is 0 Å². The van der Waals surface area contributed by atoms with Crippen molar-refractivity contribution in [2.75, 3.05) is 72.5 Å². The number of carbonyl (C=O) groups excluding carboxylic acids is 2. The molecule has 1 aliphatic carbocycles. The Morgan fingerprint density at radius 1 is 0.870 bits per heavy atom. The minimum atomic E-state index is -1.33. The SMILES string of the molecule is COC1(OC)CC(c2ccccc2)=C(Cl)C=C1C(=O)N1Cc2ccc(C(=O)N3CCN(CCN(C)C)CC3)n2Cc2ccccc21. The normalized spacial score (nSPS) is 18.3. The second kappa shape index (κ2) is 13.6. The molecule has 2 aliphatic heterocycles. The molecule has 242 valence electrons. The highest BCUT2D eigenvalue weighted by molar-refractivity contribution is 6.35. The molecule has 1 fully saturated rings. The smallest absolute Gasteiger partial charge is 0.270 e. The van der Waals surface area contributed by atoms with Gasteiger partial charge in [0, 0.05) is 76.3 Å². The fourth-order valence-electron chi connectivity index (χ4n) is 6.64. The molecule has 0 N–H and O–H groups in total. The van der Waals surface area contributed by atoms with Crippen LogP contribution in [0, 0.1) is 0 Å². The number of piperazine rings is 1. The number of carbonyl (C=O) groups is 2. The number of hydrogen-bond acceptors (Lipinski definition) is 6. The molecule has 3 aliphatic rings. The first kappa shape index (κ1) is 32.2. The number of benzene rings is 2. The Labute approximate surface area is 276 Å². The van der Waals surface area contributed by atoms with E-state index in [1.165, 1.54) is 0 Å². The van der Waals surface area contributed by atoms with Crippen LogP contribution in [0.15, 0.2) is 83.4 Å². The van der Waals surface area contributed by atoms with Crippen LogP contribution < -0.4 is 4.90 Å². The van der Waals surface area contributed by atoms with Crippen molar-refractivity contribution in [3.05, 3.63) is 106 Å². The fraction of sp³-hybridized carbons (Fsp3) is 0.389. The molecule has 0 saturated carbocycles. The Bertz CT molecular complexity index is 1650. The summed E-state index contributed by atoms with van der Waals surface area (Å²) >= 11 is 6.87. The van der Waals surface area contributed by atoms with Gasteiger partial charge in [-0.05, 0) is 55.1 Å². The molecule has 1 saturated heterocycles. The topological polar surface area (TPSA) is 70.5 Å². The number of halogens is 1. The number of nitrogens with zero attached hydrogens (tertiary/aromatic N) is 5. The maximum atomic E-state index is 14.6. The summed E-state index contributed by atoms with van der Waals surface area (Å²) < 4.78 is 14.0. The van der Waals surface area contributed by atoms with Crippen molar-refractivity contribution >= 4 is 34.7 Å². The van der Waals surface area contributed by atoms with Gasteiger partial charge in [0.15, 0.2) is 0 Å². The van der Waals surface area contributed by atoms with Crippen LogP contribution in [0.1, 0.15) is 33.7 Å². The van der Waals surface area contributed by atoms with Crippen molar-refractivity contribution in [2.45, 2.75) is 25.3 Å². The highest BCUT2D eigenvalue weighted by Gasteiger charge is 2.45. The number of fused-ring (bicyclic) bond motifs is 2. The molecule has 3 heterocycles. The largest absolute Gasteiger partial charge is 0.349 e. The second-order valence-electron chi connectivity index (χ2n) is 12.3. The third-order valence-corrected chi connectivity index (χ3v) is 9.72. The molecule has 0 spiro atoms. The number of rotatable bonds is 8. The average molecular weight is 644 g/mol. The number of allylic oxidation sites excluding steroid dienone is 2. The molecule has 0 unspecified atom stereocenters. The Morgan fingerprint density at radius 3 is 2.26 bits per heavy atom. The maximum absolute atomic E-state index is 14.6. The van der Waals surface area contributed by atoms with Gasteiger partial charge in [0.1, 0.15) is 5.69 Å². The van der Waals surface area contributed by atoms with Gasteiger partial charge in [-0.1, -0.05) is 60.1 Å². The summed E-state index contributed by atoms with van der Waals surface area (Å²) in [6.45, 7) is 5.84. The first-order valence-electron chi connectivity index (χ1n) is 15.8. The van der Waals surface area contributed by atoms with Gasteiger partial charge in [0.2, 0.25) is 5.79 Å². The molecule has 0 atom stereocenters. The molecule has 10 heteroatoms. The van der Waals surface area contributed by atoms with Gasteiger partial charge in [-0.25, -0.2) is 0 Å². The van der Waals surface area contributed by atoms with Crippen LogP contribution in [-0.4, -0.2) is 104 Å². The third-order valence-electron chi connectivity index (χ3n) is 9.38. The minimum Gasteiger partial charge on any atom is -0.349 e. The van der Waals surface area contributed by atoms with Gasteiger partial charge in [0.25, 0.3) is 11.8 Å². The van der Waals surface area contributed by atoms with Crippen LogP contribution in [0.4, 0.5) is 5.69 Å². The summed E-state index contributed by atoms with van der Waals surface area (Å²) in [7, 11) is 7.26. The molecule has 0 bridgehead atoms. The van der Waals surface area contributed by atoms with E-state index < -0.39 is 5.79 Å². The predicted molar refractivity (Wildman–Crippen MR) is 181 cm³/mol. The number of para-hydroxylation sites is 1. The first-order chi connectivity index (χ1) is 22.2. The predicted octanol–water partition coefficient (Wildman–Crippen LogP) is 4.67. The van der Waals surface area contributed by atoms with E-state index in [9.17, 15) is 9.59 Å². The van der Waals surface area contributed by atoms with Crippen molar-refractivity contribution in [1.29, 1.82) is 0 Å². The zero-order valence-electron chi connectivity index (χ0n) is 27.0. The number of likely N-dealkylation sites (N-methyl/N-ethyl adjacent to an activating group) is 1. The van der Waals surface area contributed by atoms with Gasteiger partial charge >= 0.3 is 0 Å². The van der Waals surface area contributed by atoms with Gasteiger partial charge in [-0.2, -0.15) is 0 Å². The quantitative estimate of drug-likeness (QED) is 0.333. The average Bonchev–Trinajstić information content (AvgIpc) is 3.40. The second-order valence-corrected chi connectivity index (χ2v) is 12.7. The number of aromatic nitrogens is 1. The van der Waals surface area contributed by atoms with E-state index in [4.69, 9.17) is 21.1 Å². The lowest BCUT2D eigenvalue weighted by Crippen LogP contribution is -2.50. The fourth-order valence-corrected chi connectivity index (χ4v) is 6.92. The number of amides is 2. The van der Waals surface area contributed by atoms with Crippen LogP contribution in [0.25, 0.3) is 5.57 Å². The van der Waals surface area contributed by atoms with Gasteiger partial charge in [0.05, 0.1) is 18.7 Å². The number of hydrogen-bond donors (Lipinski definition) is 0. The van der Waals surface area contributed by atoms with E-state index in [0.717, 1.165) is 54.3 Å².